The van der Waals surface area contributed by atoms with Gasteiger partial charge in [-0.05, 0) is 41.3 Å². The van der Waals surface area contributed by atoms with Gasteiger partial charge in [-0.25, -0.2) is 4.79 Å². The zero-order valence-corrected chi connectivity index (χ0v) is 21.6. The summed E-state index contributed by atoms with van der Waals surface area (Å²) in [5.74, 6) is -0.721. The first kappa shape index (κ1) is 28.3. The Morgan fingerprint density at radius 2 is 1.79 bits per heavy atom. The molecule has 0 radical (unpaired) electrons. The minimum atomic E-state index is -1.55. The van der Waals surface area contributed by atoms with Gasteiger partial charge in [-0.3, -0.25) is 4.79 Å². The van der Waals surface area contributed by atoms with Crippen LogP contribution in [0.5, 0.6) is 5.75 Å². The molecule has 2 heterocycles. The highest BCUT2D eigenvalue weighted by Crippen LogP contribution is 2.35. The monoisotopic (exact) mass is 550 g/mol. The third kappa shape index (κ3) is 7.22. The third-order valence-electron chi connectivity index (χ3n) is 6.42. The number of hydrogen-bond donors (Lipinski definition) is 3. The number of carbonyl (C=O) groups is 2. The van der Waals surface area contributed by atoms with Crippen LogP contribution >= 0.6 is 11.6 Å². The maximum Gasteiger partial charge on any atom is 0.344 e. The van der Waals surface area contributed by atoms with Crippen molar-refractivity contribution in [2.45, 2.75) is 56.4 Å². The maximum absolute atomic E-state index is 11.8. The number of aliphatic hydroxyl groups is 3. The fourth-order valence-electron chi connectivity index (χ4n) is 4.35. The maximum atomic E-state index is 11.8. The number of rotatable bonds is 9. The number of aliphatic hydroxyl groups excluding tert-OH is 3. The van der Waals surface area contributed by atoms with Gasteiger partial charge in [0.1, 0.15) is 49.0 Å². The molecular formula is C27H31ClO10. The second-order valence-corrected chi connectivity index (χ2v) is 9.71. The predicted octanol–water partition coefficient (Wildman–Crippen LogP) is 1.73. The zero-order chi connectivity index (χ0) is 27.2. The highest BCUT2D eigenvalue weighted by atomic mass is 35.5. The molecule has 4 rings (SSSR count). The summed E-state index contributed by atoms with van der Waals surface area (Å²) in [6.07, 6.45) is -5.24. The van der Waals surface area contributed by atoms with Crippen molar-refractivity contribution in [1.29, 1.82) is 0 Å². The highest BCUT2D eigenvalue weighted by Gasteiger charge is 2.44. The lowest BCUT2D eigenvalue weighted by Gasteiger charge is -2.40. The van der Waals surface area contributed by atoms with Gasteiger partial charge in [0.2, 0.25) is 0 Å². The summed E-state index contributed by atoms with van der Waals surface area (Å²) < 4.78 is 26.7. The van der Waals surface area contributed by atoms with E-state index in [4.69, 9.17) is 30.5 Å². The standard InChI is InChI=1S/C27H31ClO10/c1-15(29)35-14-23(30)36-13-22-24(31)25(32)26(33)27(38-22)17-4-7-21(28)18(11-17)10-16-2-5-19(6-3-16)37-20-8-9-34-12-20/h2-7,11,20,22,24-27,31-33H,8-10,12-14H2,1H3/t20?,22-,24-,25+,26-,27+/m1/s1. The van der Waals surface area contributed by atoms with E-state index in [1.165, 1.54) is 0 Å². The van der Waals surface area contributed by atoms with Crippen molar-refractivity contribution >= 4 is 23.5 Å². The molecule has 2 fully saturated rings. The van der Waals surface area contributed by atoms with Crippen molar-refractivity contribution in [3.63, 3.8) is 0 Å². The fourth-order valence-corrected chi connectivity index (χ4v) is 4.54. The largest absolute Gasteiger partial charge is 0.488 e. The number of benzene rings is 2. The van der Waals surface area contributed by atoms with Crippen LogP contribution < -0.4 is 4.74 Å². The average Bonchev–Trinajstić information content (AvgIpc) is 3.41. The van der Waals surface area contributed by atoms with Crippen molar-refractivity contribution in [2.24, 2.45) is 0 Å². The number of esters is 2. The van der Waals surface area contributed by atoms with Crippen LogP contribution in [0.15, 0.2) is 42.5 Å². The van der Waals surface area contributed by atoms with Crippen LogP contribution in [-0.2, 0) is 35.0 Å². The molecule has 2 aromatic rings. The molecule has 0 spiro atoms. The van der Waals surface area contributed by atoms with E-state index in [1.54, 1.807) is 18.2 Å². The molecule has 0 bridgehead atoms. The Hall–Kier alpha value is -2.73. The summed E-state index contributed by atoms with van der Waals surface area (Å²) in [6, 6.07) is 12.8. The summed E-state index contributed by atoms with van der Waals surface area (Å²) in [4.78, 5) is 22.6. The molecule has 0 saturated carbocycles. The molecule has 1 unspecified atom stereocenters. The Bertz CT molecular complexity index is 1100. The van der Waals surface area contributed by atoms with Crippen molar-refractivity contribution < 1.29 is 48.6 Å². The van der Waals surface area contributed by atoms with Crippen LogP contribution in [-0.4, -0.2) is 84.2 Å². The van der Waals surface area contributed by atoms with Crippen molar-refractivity contribution in [2.75, 3.05) is 26.4 Å². The van der Waals surface area contributed by atoms with Crippen LogP contribution in [0.3, 0.4) is 0 Å². The van der Waals surface area contributed by atoms with Gasteiger partial charge in [0, 0.05) is 18.4 Å². The molecule has 38 heavy (non-hydrogen) atoms. The van der Waals surface area contributed by atoms with Gasteiger partial charge in [0.25, 0.3) is 0 Å². The van der Waals surface area contributed by atoms with E-state index < -0.39 is 55.7 Å². The Morgan fingerprint density at radius 1 is 1.03 bits per heavy atom. The Balaban J connectivity index is 1.43. The van der Waals surface area contributed by atoms with Gasteiger partial charge in [0.05, 0.1) is 13.2 Å². The van der Waals surface area contributed by atoms with E-state index in [9.17, 15) is 24.9 Å². The Morgan fingerprint density at radius 3 is 2.47 bits per heavy atom. The minimum Gasteiger partial charge on any atom is -0.488 e. The topological polar surface area (TPSA) is 141 Å². The lowest BCUT2D eigenvalue weighted by Crippen LogP contribution is -2.55. The average molecular weight is 551 g/mol. The van der Waals surface area contributed by atoms with Gasteiger partial charge < -0.3 is 39.0 Å². The van der Waals surface area contributed by atoms with E-state index in [0.29, 0.717) is 30.2 Å². The van der Waals surface area contributed by atoms with Crippen LogP contribution in [0.4, 0.5) is 0 Å². The highest BCUT2D eigenvalue weighted by molar-refractivity contribution is 6.31. The SMILES string of the molecule is CC(=O)OCC(=O)OC[C@H]1O[C@@H](c2ccc(Cl)c(Cc3ccc(OC4CCOC4)cc3)c2)[C@H](O)[C@@H](O)[C@@H]1O. The van der Waals surface area contributed by atoms with E-state index in [0.717, 1.165) is 30.2 Å². The first-order valence-electron chi connectivity index (χ1n) is 12.3. The quantitative estimate of drug-likeness (QED) is 0.395. The normalized spacial score (nSPS) is 27.1. The summed E-state index contributed by atoms with van der Waals surface area (Å²) in [6.45, 7) is 1.44. The summed E-state index contributed by atoms with van der Waals surface area (Å²) >= 11 is 6.46. The molecule has 6 atom stereocenters. The Kier molecular flexibility index (Phi) is 9.59. The van der Waals surface area contributed by atoms with E-state index >= 15 is 0 Å². The number of halogens is 1. The summed E-state index contributed by atoms with van der Waals surface area (Å²) in [5.41, 5.74) is 2.28. The molecule has 2 aliphatic rings. The van der Waals surface area contributed by atoms with E-state index in [-0.39, 0.29) is 6.10 Å². The molecule has 206 valence electrons. The molecule has 0 amide bonds. The van der Waals surface area contributed by atoms with Gasteiger partial charge in [-0.2, -0.15) is 0 Å². The number of ether oxygens (including phenoxy) is 5. The molecule has 2 saturated heterocycles. The smallest absolute Gasteiger partial charge is 0.344 e. The van der Waals surface area contributed by atoms with Gasteiger partial charge in [0.15, 0.2) is 6.61 Å². The zero-order valence-electron chi connectivity index (χ0n) is 20.8. The third-order valence-corrected chi connectivity index (χ3v) is 6.79. The first-order valence-corrected chi connectivity index (χ1v) is 12.7. The molecule has 10 nitrogen and oxygen atoms in total. The lowest BCUT2D eigenvalue weighted by molar-refractivity contribution is -0.235. The van der Waals surface area contributed by atoms with Crippen LogP contribution in [0.25, 0.3) is 0 Å². The first-order chi connectivity index (χ1) is 18.2. The lowest BCUT2D eigenvalue weighted by atomic mass is 9.90. The Labute approximate surface area is 225 Å². The second-order valence-electron chi connectivity index (χ2n) is 9.31. The molecule has 2 aromatic carbocycles. The van der Waals surface area contributed by atoms with Gasteiger partial charge in [-0.15, -0.1) is 0 Å². The predicted molar refractivity (Wildman–Crippen MR) is 134 cm³/mol. The van der Waals surface area contributed by atoms with Gasteiger partial charge in [-0.1, -0.05) is 35.9 Å². The molecule has 0 aromatic heterocycles. The summed E-state index contributed by atoms with van der Waals surface area (Å²) in [5, 5.41) is 32.0. The van der Waals surface area contributed by atoms with Crippen LogP contribution in [0, 0.1) is 0 Å². The van der Waals surface area contributed by atoms with Crippen LogP contribution in [0.2, 0.25) is 5.02 Å². The fraction of sp³-hybridized carbons (Fsp3) is 0.481. The molecule has 2 aliphatic heterocycles. The van der Waals surface area contributed by atoms with Crippen LogP contribution in [0.1, 0.15) is 36.1 Å². The molecule has 3 N–H and O–H groups in total. The molecular weight excluding hydrogens is 520 g/mol. The van der Waals surface area contributed by atoms with Crippen molar-refractivity contribution in [1.82, 2.24) is 0 Å². The molecule has 0 aliphatic carbocycles. The minimum absolute atomic E-state index is 0.0592. The van der Waals surface area contributed by atoms with Gasteiger partial charge >= 0.3 is 11.9 Å². The van der Waals surface area contributed by atoms with Crippen molar-refractivity contribution in [3.05, 3.63) is 64.2 Å². The summed E-state index contributed by atoms with van der Waals surface area (Å²) in [7, 11) is 0. The van der Waals surface area contributed by atoms with E-state index in [1.807, 2.05) is 24.3 Å². The number of carbonyl (C=O) groups excluding carboxylic acids is 2. The van der Waals surface area contributed by atoms with E-state index in [2.05, 4.69) is 4.74 Å². The second kappa shape index (κ2) is 12.9. The number of hydrogen-bond acceptors (Lipinski definition) is 10. The molecule has 11 heteroatoms. The van der Waals surface area contributed by atoms with Crippen molar-refractivity contribution in [3.8, 4) is 5.75 Å².